The van der Waals surface area contributed by atoms with E-state index in [9.17, 15) is 15.3 Å². The Hall–Kier alpha value is -0.420. The number of hydrogen-bond acceptors (Lipinski definition) is 4. The number of piperidine rings is 1. The Bertz CT molecular complexity index is 739. The molecule has 0 radical (unpaired) electrons. The largest absolute Gasteiger partial charge is 0.393 e. The average Bonchev–Trinajstić information content (AvgIpc) is 3.09. The fraction of sp³-hybridized carbons (Fsp3) is 0.929. The first-order chi connectivity index (χ1) is 15.1. The summed E-state index contributed by atoms with van der Waals surface area (Å²) in [6.07, 6.45) is 7.60. The Kier molecular flexibility index (Phi) is 6.09. The Morgan fingerprint density at radius 1 is 1.00 bits per heavy atom. The molecule has 1 saturated heterocycles. The number of nitrogens with zero attached hydrogens (tertiary/aromatic N) is 1. The summed E-state index contributed by atoms with van der Waals surface area (Å²) in [5.41, 5.74) is 3.50. The van der Waals surface area contributed by atoms with Crippen LogP contribution in [0.5, 0.6) is 0 Å². The second kappa shape index (κ2) is 8.36. The molecule has 0 aromatic carbocycles. The lowest BCUT2D eigenvalue weighted by molar-refractivity contribution is -0.129. The van der Waals surface area contributed by atoms with Crippen LogP contribution in [0.4, 0.5) is 0 Å². The number of likely N-dealkylation sites (N-methyl/N-ethyl adjacent to an activating group) is 1. The summed E-state index contributed by atoms with van der Waals surface area (Å²) in [5.74, 6) is 3.80. The zero-order valence-electron chi connectivity index (χ0n) is 21.0. The zero-order valence-corrected chi connectivity index (χ0v) is 21.0. The highest BCUT2D eigenvalue weighted by molar-refractivity contribution is 5.30. The van der Waals surface area contributed by atoms with Gasteiger partial charge in [0.15, 0.2) is 0 Å². The van der Waals surface area contributed by atoms with Crippen molar-refractivity contribution in [2.75, 3.05) is 13.6 Å². The van der Waals surface area contributed by atoms with Crippen molar-refractivity contribution in [1.29, 1.82) is 0 Å². The van der Waals surface area contributed by atoms with Crippen molar-refractivity contribution < 1.29 is 15.3 Å². The van der Waals surface area contributed by atoms with Crippen LogP contribution < -0.4 is 0 Å². The molecule has 4 heteroatoms. The molecule has 4 nitrogen and oxygen atoms in total. The van der Waals surface area contributed by atoms with Crippen molar-refractivity contribution in [3.05, 3.63) is 11.1 Å². The van der Waals surface area contributed by atoms with Gasteiger partial charge in [-0.2, -0.15) is 0 Å². The van der Waals surface area contributed by atoms with Crippen LogP contribution >= 0.6 is 0 Å². The second-order valence-electron chi connectivity index (χ2n) is 13.0. The molecular weight excluding hydrogens is 398 g/mol. The second-order valence-corrected chi connectivity index (χ2v) is 13.0. The summed E-state index contributed by atoms with van der Waals surface area (Å²) in [6, 6.07) is 0.260. The number of likely N-dealkylation sites (tertiary alicyclic amines) is 1. The van der Waals surface area contributed by atoms with E-state index >= 15 is 0 Å². The Morgan fingerprint density at radius 3 is 2.47 bits per heavy atom. The number of aliphatic hydroxyl groups is 3. The lowest BCUT2D eigenvalue weighted by atomic mass is 9.51. The molecule has 0 aromatic heterocycles. The molecule has 182 valence electrons. The van der Waals surface area contributed by atoms with Gasteiger partial charge in [0.1, 0.15) is 0 Å². The van der Waals surface area contributed by atoms with Crippen molar-refractivity contribution in [1.82, 2.24) is 4.90 Å². The van der Waals surface area contributed by atoms with Crippen molar-refractivity contribution in [2.24, 2.45) is 46.8 Å². The first-order valence-corrected chi connectivity index (χ1v) is 13.6. The van der Waals surface area contributed by atoms with Crippen LogP contribution in [-0.2, 0) is 0 Å². The van der Waals surface area contributed by atoms with Gasteiger partial charge in [-0.1, -0.05) is 31.9 Å². The van der Waals surface area contributed by atoms with Crippen LogP contribution in [0, 0.1) is 46.8 Å². The summed E-state index contributed by atoms with van der Waals surface area (Å²) in [4.78, 5) is 2.43. The molecule has 0 unspecified atom stereocenters. The number of rotatable bonds is 2. The highest BCUT2D eigenvalue weighted by Gasteiger charge is 2.59. The molecular formula is C28H47NO3. The van der Waals surface area contributed by atoms with Gasteiger partial charge in [-0.25, -0.2) is 0 Å². The van der Waals surface area contributed by atoms with Crippen LogP contribution in [-0.4, -0.2) is 58.2 Å². The van der Waals surface area contributed by atoms with Gasteiger partial charge in [-0.15, -0.1) is 0 Å². The van der Waals surface area contributed by atoms with Crippen LogP contribution in [0.3, 0.4) is 0 Å². The molecule has 1 aliphatic heterocycles. The minimum Gasteiger partial charge on any atom is -0.393 e. The van der Waals surface area contributed by atoms with E-state index in [1.54, 1.807) is 11.1 Å². The summed E-state index contributed by atoms with van der Waals surface area (Å²) in [7, 11) is 2.21. The van der Waals surface area contributed by atoms with Crippen molar-refractivity contribution in [3.8, 4) is 0 Å². The maximum absolute atomic E-state index is 11.1. The summed E-state index contributed by atoms with van der Waals surface area (Å²) < 4.78 is 0. The third-order valence-electron chi connectivity index (χ3n) is 11.3. The lowest BCUT2D eigenvalue weighted by Gasteiger charge is -2.55. The Balaban J connectivity index is 1.41. The SMILES string of the molecule is CC1=C2C[C@@H]3[C@H](C[C@H](O)[C@@H]4C[C@H](O)CC[C@@]34C)[C@H]2CC[C@H]1[C@H](C)[C@H]1[C@@H](O)C[C@H](C)CN1C. The van der Waals surface area contributed by atoms with E-state index in [1.807, 2.05) is 0 Å². The van der Waals surface area contributed by atoms with Crippen molar-refractivity contribution >= 4 is 0 Å². The average molecular weight is 446 g/mol. The van der Waals surface area contributed by atoms with Gasteiger partial charge in [-0.05, 0) is 112 Å². The molecule has 32 heavy (non-hydrogen) atoms. The molecule has 4 aliphatic carbocycles. The van der Waals surface area contributed by atoms with Crippen LogP contribution in [0.15, 0.2) is 11.1 Å². The standard InChI is InChI=1S/C28H47NO3/c1-15-10-26(32)27(29(5)14-15)17(3)19-6-7-20-21(16(19)2)12-23-22(20)13-25(31)24-11-18(30)8-9-28(23,24)4/h15,17-20,22-27,30-32H,6-14H2,1-5H3/t15-,17-,18+,19+,20-,22+,23+,24-,25-,26-,27-,28-/m0/s1. The van der Waals surface area contributed by atoms with E-state index in [2.05, 4.69) is 39.6 Å². The third-order valence-corrected chi connectivity index (χ3v) is 11.3. The molecule has 12 atom stereocenters. The number of hydrogen-bond donors (Lipinski definition) is 3. The topological polar surface area (TPSA) is 63.9 Å². The van der Waals surface area contributed by atoms with Crippen molar-refractivity contribution in [3.63, 3.8) is 0 Å². The molecule has 1 heterocycles. The maximum atomic E-state index is 11.1. The van der Waals surface area contributed by atoms with E-state index in [4.69, 9.17) is 0 Å². The van der Waals surface area contributed by atoms with Gasteiger partial charge >= 0.3 is 0 Å². The van der Waals surface area contributed by atoms with Gasteiger partial charge in [0.25, 0.3) is 0 Å². The van der Waals surface area contributed by atoms with Gasteiger partial charge in [0.2, 0.25) is 0 Å². The van der Waals surface area contributed by atoms with E-state index in [1.165, 1.54) is 19.3 Å². The summed E-state index contributed by atoms with van der Waals surface area (Å²) in [5, 5.41) is 32.4. The predicted molar refractivity (Wildman–Crippen MR) is 128 cm³/mol. The Morgan fingerprint density at radius 2 is 1.75 bits per heavy atom. The van der Waals surface area contributed by atoms with E-state index in [0.29, 0.717) is 35.5 Å². The molecule has 3 N–H and O–H groups in total. The third kappa shape index (κ3) is 3.54. The first kappa shape index (κ1) is 23.3. The number of fused-ring (bicyclic) bond motifs is 5. The summed E-state index contributed by atoms with van der Waals surface area (Å²) in [6.45, 7) is 10.6. The normalized spacial score (nSPS) is 52.9. The minimum atomic E-state index is -0.250. The fourth-order valence-electron chi connectivity index (χ4n) is 9.81. The number of allylic oxidation sites excluding steroid dienone is 2. The predicted octanol–water partition coefficient (Wildman–Crippen LogP) is 4.23. The molecule has 5 aliphatic rings. The minimum absolute atomic E-state index is 0.170. The highest BCUT2D eigenvalue weighted by atomic mass is 16.3. The molecule has 3 saturated carbocycles. The van der Waals surface area contributed by atoms with Gasteiger partial charge < -0.3 is 20.2 Å². The highest BCUT2D eigenvalue weighted by Crippen LogP contribution is 2.65. The fourth-order valence-corrected chi connectivity index (χ4v) is 9.81. The molecule has 0 spiro atoms. The van der Waals surface area contributed by atoms with Gasteiger partial charge in [-0.3, -0.25) is 0 Å². The van der Waals surface area contributed by atoms with Gasteiger partial charge in [0, 0.05) is 12.6 Å². The van der Waals surface area contributed by atoms with Crippen LogP contribution in [0.25, 0.3) is 0 Å². The quantitative estimate of drug-likeness (QED) is 0.557. The van der Waals surface area contributed by atoms with Crippen molar-refractivity contribution in [2.45, 2.75) is 103 Å². The molecule has 0 aromatic rings. The van der Waals surface area contributed by atoms with E-state index in [-0.39, 0.29) is 35.7 Å². The molecule has 0 amide bonds. The van der Waals surface area contributed by atoms with Crippen LogP contribution in [0.1, 0.15) is 79.1 Å². The van der Waals surface area contributed by atoms with Gasteiger partial charge in [0.05, 0.1) is 18.3 Å². The van der Waals surface area contributed by atoms with Crippen LogP contribution in [0.2, 0.25) is 0 Å². The zero-order chi connectivity index (χ0) is 22.9. The summed E-state index contributed by atoms with van der Waals surface area (Å²) >= 11 is 0. The smallest absolute Gasteiger partial charge is 0.0701 e. The van der Waals surface area contributed by atoms with E-state index < -0.39 is 0 Å². The first-order valence-electron chi connectivity index (χ1n) is 13.6. The molecule has 0 bridgehead atoms. The lowest BCUT2D eigenvalue weighted by Crippen LogP contribution is -2.54. The molecule has 5 rings (SSSR count). The Labute approximate surface area is 195 Å². The molecule has 4 fully saturated rings. The maximum Gasteiger partial charge on any atom is 0.0701 e. The monoisotopic (exact) mass is 445 g/mol. The van der Waals surface area contributed by atoms with E-state index in [0.717, 1.165) is 38.6 Å². The number of aliphatic hydroxyl groups excluding tert-OH is 3.